The maximum atomic E-state index is 4.37. The first-order valence-corrected chi connectivity index (χ1v) is 5.98. The minimum atomic E-state index is 0.581. The summed E-state index contributed by atoms with van der Waals surface area (Å²) in [5, 5.41) is 3.53. The molecule has 1 aliphatic carbocycles. The lowest BCUT2D eigenvalue weighted by atomic mass is 10.1. The fourth-order valence-electron chi connectivity index (χ4n) is 2.16. The van der Waals surface area contributed by atoms with E-state index < -0.39 is 0 Å². The molecule has 0 bridgehead atoms. The largest absolute Gasteiger partial charge is 0.367 e. The van der Waals surface area contributed by atoms with Crippen molar-refractivity contribution in [1.82, 2.24) is 4.98 Å². The maximum absolute atomic E-state index is 4.37. The van der Waals surface area contributed by atoms with Gasteiger partial charge in [0.15, 0.2) is 0 Å². The van der Waals surface area contributed by atoms with Crippen molar-refractivity contribution in [2.75, 3.05) is 5.32 Å². The molecule has 0 amide bonds. The quantitative estimate of drug-likeness (QED) is 0.814. The molecule has 1 fully saturated rings. The molecular formula is C13H20N2. The van der Waals surface area contributed by atoms with Crippen molar-refractivity contribution in [2.24, 2.45) is 0 Å². The van der Waals surface area contributed by atoms with Gasteiger partial charge in [-0.15, -0.1) is 0 Å². The molecule has 0 aliphatic heterocycles. The summed E-state index contributed by atoms with van der Waals surface area (Å²) in [6, 6.07) is 4.94. The summed E-state index contributed by atoms with van der Waals surface area (Å²) in [7, 11) is 0. The Morgan fingerprint density at radius 2 is 2.07 bits per heavy atom. The molecule has 1 aromatic heterocycles. The van der Waals surface area contributed by atoms with E-state index in [2.05, 4.69) is 36.3 Å². The summed E-state index contributed by atoms with van der Waals surface area (Å²) < 4.78 is 0. The highest BCUT2D eigenvalue weighted by molar-refractivity contribution is 5.39. The van der Waals surface area contributed by atoms with Gasteiger partial charge in [-0.05, 0) is 36.5 Å². The van der Waals surface area contributed by atoms with Gasteiger partial charge in [-0.2, -0.15) is 0 Å². The number of rotatable bonds is 3. The van der Waals surface area contributed by atoms with Gasteiger partial charge in [0.05, 0.1) is 0 Å². The van der Waals surface area contributed by atoms with Crippen LogP contribution >= 0.6 is 0 Å². The van der Waals surface area contributed by atoms with E-state index in [-0.39, 0.29) is 0 Å². The van der Waals surface area contributed by atoms with Crippen LogP contribution in [0.15, 0.2) is 18.3 Å². The van der Waals surface area contributed by atoms with Crippen LogP contribution in [0, 0.1) is 0 Å². The number of hydrogen-bond acceptors (Lipinski definition) is 2. The van der Waals surface area contributed by atoms with Crippen molar-refractivity contribution >= 4 is 5.82 Å². The van der Waals surface area contributed by atoms with Crippen LogP contribution in [0.2, 0.25) is 0 Å². The van der Waals surface area contributed by atoms with Crippen molar-refractivity contribution in [3.05, 3.63) is 23.9 Å². The lowest BCUT2D eigenvalue weighted by Crippen LogP contribution is -2.15. The van der Waals surface area contributed by atoms with Crippen molar-refractivity contribution in [2.45, 2.75) is 51.5 Å². The van der Waals surface area contributed by atoms with Gasteiger partial charge in [0.2, 0.25) is 0 Å². The zero-order chi connectivity index (χ0) is 10.7. The maximum Gasteiger partial charge on any atom is 0.126 e. The molecule has 15 heavy (non-hydrogen) atoms. The van der Waals surface area contributed by atoms with Crippen LogP contribution in [0.3, 0.4) is 0 Å². The Morgan fingerprint density at radius 3 is 2.73 bits per heavy atom. The Hall–Kier alpha value is -1.05. The molecule has 1 aromatic rings. The third kappa shape index (κ3) is 2.71. The smallest absolute Gasteiger partial charge is 0.126 e. The average molecular weight is 204 g/mol. The lowest BCUT2D eigenvalue weighted by Gasteiger charge is -2.14. The van der Waals surface area contributed by atoms with Gasteiger partial charge in [-0.3, -0.25) is 0 Å². The van der Waals surface area contributed by atoms with E-state index >= 15 is 0 Å². The highest BCUT2D eigenvalue weighted by Crippen LogP contribution is 2.23. The van der Waals surface area contributed by atoms with E-state index in [1.807, 2.05) is 6.20 Å². The predicted octanol–water partition coefficient (Wildman–Crippen LogP) is 3.56. The Morgan fingerprint density at radius 1 is 1.33 bits per heavy atom. The van der Waals surface area contributed by atoms with Crippen molar-refractivity contribution in [3.8, 4) is 0 Å². The molecule has 2 nitrogen and oxygen atoms in total. The standard InChI is InChI=1S/C13H20N2/c1-10(2)11-7-8-14-13(9-11)15-12-5-3-4-6-12/h7-10,12H,3-6H2,1-2H3,(H,14,15). The monoisotopic (exact) mass is 204 g/mol. The van der Waals surface area contributed by atoms with Gasteiger partial charge in [0.1, 0.15) is 5.82 Å². The third-order valence-electron chi connectivity index (χ3n) is 3.16. The van der Waals surface area contributed by atoms with E-state index in [0.29, 0.717) is 12.0 Å². The van der Waals surface area contributed by atoms with E-state index in [1.165, 1.54) is 31.2 Å². The predicted molar refractivity (Wildman–Crippen MR) is 64.2 cm³/mol. The van der Waals surface area contributed by atoms with Gasteiger partial charge < -0.3 is 5.32 Å². The summed E-state index contributed by atoms with van der Waals surface area (Å²) in [5.74, 6) is 1.63. The second kappa shape index (κ2) is 4.65. The molecule has 0 atom stereocenters. The number of anilines is 1. The van der Waals surface area contributed by atoms with E-state index in [9.17, 15) is 0 Å². The highest BCUT2D eigenvalue weighted by atomic mass is 15.0. The first kappa shape index (κ1) is 10.5. The summed E-state index contributed by atoms with van der Waals surface area (Å²) >= 11 is 0. The molecule has 82 valence electrons. The Labute approximate surface area is 92.1 Å². The summed E-state index contributed by atoms with van der Waals surface area (Å²) in [5.41, 5.74) is 1.37. The van der Waals surface area contributed by atoms with Crippen LogP contribution in [0.4, 0.5) is 5.82 Å². The first-order chi connectivity index (χ1) is 7.25. The number of aromatic nitrogens is 1. The molecular weight excluding hydrogens is 184 g/mol. The topological polar surface area (TPSA) is 24.9 Å². The second-order valence-corrected chi connectivity index (χ2v) is 4.75. The third-order valence-corrected chi connectivity index (χ3v) is 3.16. The normalized spacial score (nSPS) is 17.3. The lowest BCUT2D eigenvalue weighted by molar-refractivity contribution is 0.749. The Balaban J connectivity index is 2.04. The molecule has 1 N–H and O–H groups in total. The fraction of sp³-hybridized carbons (Fsp3) is 0.615. The molecule has 2 heteroatoms. The first-order valence-electron chi connectivity index (χ1n) is 5.98. The number of nitrogens with one attached hydrogen (secondary N) is 1. The molecule has 0 aromatic carbocycles. The van der Waals surface area contributed by atoms with Gasteiger partial charge in [-0.1, -0.05) is 26.7 Å². The molecule has 2 rings (SSSR count). The fourth-order valence-corrected chi connectivity index (χ4v) is 2.16. The van der Waals surface area contributed by atoms with Gasteiger partial charge >= 0.3 is 0 Å². The van der Waals surface area contributed by atoms with Crippen LogP contribution in [0.1, 0.15) is 51.0 Å². The van der Waals surface area contributed by atoms with Crippen LogP contribution in [0.5, 0.6) is 0 Å². The summed E-state index contributed by atoms with van der Waals surface area (Å²) in [6.07, 6.45) is 7.23. The molecule has 0 radical (unpaired) electrons. The van der Waals surface area contributed by atoms with Crippen molar-refractivity contribution < 1.29 is 0 Å². The van der Waals surface area contributed by atoms with Crippen LogP contribution in [-0.4, -0.2) is 11.0 Å². The summed E-state index contributed by atoms with van der Waals surface area (Å²) in [4.78, 5) is 4.37. The molecule has 1 saturated carbocycles. The molecule has 0 unspecified atom stereocenters. The molecule has 0 saturated heterocycles. The second-order valence-electron chi connectivity index (χ2n) is 4.75. The van der Waals surface area contributed by atoms with Crippen molar-refractivity contribution in [1.29, 1.82) is 0 Å². The molecule has 1 heterocycles. The average Bonchev–Trinajstić information content (AvgIpc) is 2.71. The van der Waals surface area contributed by atoms with E-state index in [0.717, 1.165) is 5.82 Å². The van der Waals surface area contributed by atoms with Crippen LogP contribution in [0.25, 0.3) is 0 Å². The summed E-state index contributed by atoms with van der Waals surface area (Å²) in [6.45, 7) is 4.43. The SMILES string of the molecule is CC(C)c1ccnc(NC2CCCC2)c1. The van der Waals surface area contributed by atoms with Crippen molar-refractivity contribution in [3.63, 3.8) is 0 Å². The number of hydrogen-bond donors (Lipinski definition) is 1. The Bertz CT molecular complexity index is 314. The highest BCUT2D eigenvalue weighted by Gasteiger charge is 2.14. The van der Waals surface area contributed by atoms with Crippen LogP contribution < -0.4 is 5.32 Å². The minimum Gasteiger partial charge on any atom is -0.367 e. The number of nitrogens with zero attached hydrogens (tertiary/aromatic N) is 1. The zero-order valence-electron chi connectivity index (χ0n) is 9.66. The minimum absolute atomic E-state index is 0.581. The molecule has 1 aliphatic rings. The van der Waals surface area contributed by atoms with E-state index in [1.54, 1.807) is 0 Å². The van der Waals surface area contributed by atoms with Crippen LogP contribution in [-0.2, 0) is 0 Å². The van der Waals surface area contributed by atoms with E-state index in [4.69, 9.17) is 0 Å². The van der Waals surface area contributed by atoms with Gasteiger partial charge in [0.25, 0.3) is 0 Å². The van der Waals surface area contributed by atoms with Gasteiger partial charge in [0, 0.05) is 12.2 Å². The number of pyridine rings is 1. The van der Waals surface area contributed by atoms with Gasteiger partial charge in [-0.25, -0.2) is 4.98 Å². The Kier molecular flexibility index (Phi) is 3.24. The molecule has 0 spiro atoms. The zero-order valence-corrected chi connectivity index (χ0v) is 9.66.